The molecule has 0 aromatic heterocycles. The summed E-state index contributed by atoms with van der Waals surface area (Å²) < 4.78 is 5.23. The number of rotatable bonds is 8. The molecule has 108 valence electrons. The predicted molar refractivity (Wildman–Crippen MR) is 76.1 cm³/mol. The molecule has 0 spiro atoms. The zero-order chi connectivity index (χ0) is 15.0. The molecule has 7 heteroatoms. The van der Waals surface area contributed by atoms with Gasteiger partial charge < -0.3 is 10.1 Å². The van der Waals surface area contributed by atoms with Gasteiger partial charge in [-0.15, -0.1) is 6.58 Å². The molecule has 0 saturated carbocycles. The van der Waals surface area contributed by atoms with Crippen molar-refractivity contribution in [1.82, 2.24) is 5.32 Å². The number of hydrogen-bond acceptors (Lipinski definition) is 4. The molecule has 0 atom stereocenters. The summed E-state index contributed by atoms with van der Waals surface area (Å²) >= 11 is 5.84. The molecule has 1 aromatic rings. The molecule has 1 aromatic carbocycles. The molecule has 0 aliphatic rings. The Labute approximate surface area is 121 Å². The summed E-state index contributed by atoms with van der Waals surface area (Å²) in [5, 5.41) is 13.1. The van der Waals surface area contributed by atoms with E-state index >= 15 is 0 Å². The Morgan fingerprint density at radius 3 is 2.90 bits per heavy atom. The number of halogens is 1. The average Bonchev–Trinajstić information content (AvgIpc) is 2.42. The largest absolute Gasteiger partial charge is 0.379 e. The van der Waals surface area contributed by atoms with Crippen LogP contribution in [0.5, 0.6) is 0 Å². The molecule has 0 aliphatic heterocycles. The summed E-state index contributed by atoms with van der Waals surface area (Å²) in [5.41, 5.74) is -0.214. The minimum absolute atomic E-state index is 0.0759. The number of nitrogens with one attached hydrogen (secondary N) is 1. The summed E-state index contributed by atoms with van der Waals surface area (Å²) in [5.74, 6) is -0.467. The molecule has 0 fully saturated rings. The second-order valence-corrected chi connectivity index (χ2v) is 4.22. The van der Waals surface area contributed by atoms with E-state index in [9.17, 15) is 14.9 Å². The topological polar surface area (TPSA) is 81.5 Å². The molecule has 0 unspecified atom stereocenters. The van der Waals surface area contributed by atoms with Crippen LogP contribution in [0.3, 0.4) is 0 Å². The van der Waals surface area contributed by atoms with E-state index in [2.05, 4.69) is 11.9 Å². The smallest absolute Gasteiger partial charge is 0.288 e. The summed E-state index contributed by atoms with van der Waals surface area (Å²) in [6.45, 7) is 4.75. The van der Waals surface area contributed by atoms with Gasteiger partial charge in [-0.25, -0.2) is 0 Å². The maximum atomic E-state index is 11.8. The zero-order valence-corrected chi connectivity index (χ0v) is 11.6. The van der Waals surface area contributed by atoms with Gasteiger partial charge in [-0.2, -0.15) is 0 Å². The van der Waals surface area contributed by atoms with Crippen molar-refractivity contribution in [2.75, 3.05) is 19.8 Å². The fraction of sp³-hybridized carbons (Fsp3) is 0.308. The molecule has 1 amide bonds. The lowest BCUT2D eigenvalue weighted by molar-refractivity contribution is -0.384. The fourth-order valence-electron chi connectivity index (χ4n) is 1.44. The predicted octanol–water partition coefficient (Wildman–Crippen LogP) is 2.57. The Bertz CT molecular complexity index is 505. The molecule has 6 nitrogen and oxygen atoms in total. The molecule has 0 saturated heterocycles. The van der Waals surface area contributed by atoms with Gasteiger partial charge in [0.2, 0.25) is 0 Å². The Morgan fingerprint density at radius 1 is 1.50 bits per heavy atom. The van der Waals surface area contributed by atoms with Crippen molar-refractivity contribution in [1.29, 1.82) is 0 Å². The van der Waals surface area contributed by atoms with E-state index in [0.717, 1.165) is 6.42 Å². The van der Waals surface area contributed by atoms with E-state index < -0.39 is 10.8 Å². The van der Waals surface area contributed by atoms with E-state index in [1.807, 2.05) is 0 Å². The monoisotopic (exact) mass is 298 g/mol. The van der Waals surface area contributed by atoms with Crippen LogP contribution >= 0.6 is 11.6 Å². The van der Waals surface area contributed by atoms with Crippen molar-refractivity contribution in [3.8, 4) is 0 Å². The molecule has 0 heterocycles. The van der Waals surface area contributed by atoms with Gasteiger partial charge in [0.05, 0.1) is 23.7 Å². The third-order valence-corrected chi connectivity index (χ3v) is 2.82. The van der Waals surface area contributed by atoms with Crippen LogP contribution in [0.25, 0.3) is 0 Å². The molecule has 1 N–H and O–H groups in total. The highest BCUT2D eigenvalue weighted by molar-refractivity contribution is 6.35. The van der Waals surface area contributed by atoms with E-state index in [1.54, 1.807) is 6.08 Å². The van der Waals surface area contributed by atoms with Crippen LogP contribution in [-0.4, -0.2) is 30.6 Å². The minimum atomic E-state index is -0.627. The van der Waals surface area contributed by atoms with Gasteiger partial charge in [0.25, 0.3) is 11.6 Å². The van der Waals surface area contributed by atoms with Crippen molar-refractivity contribution in [3.63, 3.8) is 0 Å². The summed E-state index contributed by atoms with van der Waals surface area (Å²) in [7, 11) is 0. The average molecular weight is 299 g/mol. The Morgan fingerprint density at radius 2 is 2.25 bits per heavy atom. The summed E-state index contributed by atoms with van der Waals surface area (Å²) in [6.07, 6.45) is 2.48. The normalized spacial score (nSPS) is 10.1. The first-order valence-electron chi connectivity index (χ1n) is 5.97. The van der Waals surface area contributed by atoms with Crippen LogP contribution in [-0.2, 0) is 4.74 Å². The maximum Gasteiger partial charge on any atom is 0.288 e. The number of nitrogens with zero attached hydrogens (tertiary/aromatic N) is 1. The zero-order valence-electron chi connectivity index (χ0n) is 10.8. The van der Waals surface area contributed by atoms with Crippen molar-refractivity contribution in [2.24, 2.45) is 0 Å². The van der Waals surface area contributed by atoms with Crippen LogP contribution in [0.4, 0.5) is 5.69 Å². The first-order chi connectivity index (χ1) is 9.57. The highest BCUT2D eigenvalue weighted by Crippen LogP contribution is 2.27. The quantitative estimate of drug-likeness (QED) is 0.346. The number of nitro groups is 1. The second kappa shape index (κ2) is 8.29. The highest BCUT2D eigenvalue weighted by atomic mass is 35.5. The van der Waals surface area contributed by atoms with E-state index in [-0.39, 0.29) is 16.3 Å². The number of ether oxygens (including phenoxy) is 1. The highest BCUT2D eigenvalue weighted by Gasteiger charge is 2.19. The van der Waals surface area contributed by atoms with Crippen LogP contribution < -0.4 is 5.32 Å². The van der Waals surface area contributed by atoms with Gasteiger partial charge >= 0.3 is 0 Å². The van der Waals surface area contributed by atoms with Crippen LogP contribution in [0, 0.1) is 10.1 Å². The van der Waals surface area contributed by atoms with E-state index in [1.165, 1.54) is 18.2 Å². The molecular weight excluding hydrogens is 284 g/mol. The molecule has 1 rings (SSSR count). The van der Waals surface area contributed by atoms with Gasteiger partial charge in [0, 0.05) is 12.6 Å². The third-order valence-electron chi connectivity index (χ3n) is 2.42. The van der Waals surface area contributed by atoms with Crippen molar-refractivity contribution in [3.05, 3.63) is 51.6 Å². The fourth-order valence-corrected chi connectivity index (χ4v) is 1.72. The van der Waals surface area contributed by atoms with Crippen molar-refractivity contribution in [2.45, 2.75) is 6.42 Å². The molecular formula is C13H15ClN2O4. The van der Waals surface area contributed by atoms with Gasteiger partial charge in [-0.05, 0) is 12.5 Å². The van der Waals surface area contributed by atoms with Crippen molar-refractivity contribution < 1.29 is 14.5 Å². The Balaban J connectivity index is 2.53. The van der Waals surface area contributed by atoms with Crippen LogP contribution in [0.15, 0.2) is 30.9 Å². The summed E-state index contributed by atoms with van der Waals surface area (Å²) in [6, 6.07) is 4.10. The first kappa shape index (κ1) is 16.1. The lowest BCUT2D eigenvalue weighted by Gasteiger charge is -2.07. The van der Waals surface area contributed by atoms with Gasteiger partial charge in [-0.3, -0.25) is 14.9 Å². The molecule has 0 bridgehead atoms. The summed E-state index contributed by atoms with van der Waals surface area (Å²) in [4.78, 5) is 21.9. The number of carbonyl (C=O) groups excluding carboxylic acids is 1. The lowest BCUT2D eigenvalue weighted by atomic mass is 10.2. The molecule has 0 radical (unpaired) electrons. The van der Waals surface area contributed by atoms with Gasteiger partial charge in [0.1, 0.15) is 5.02 Å². The lowest BCUT2D eigenvalue weighted by Crippen LogP contribution is -2.27. The first-order valence-corrected chi connectivity index (χ1v) is 6.35. The van der Waals surface area contributed by atoms with E-state index in [4.69, 9.17) is 16.3 Å². The number of benzene rings is 1. The SMILES string of the molecule is C=CCCOCCNC(=O)c1cccc([N+](=O)[O-])c1Cl. The van der Waals surface area contributed by atoms with Gasteiger partial charge in [-0.1, -0.05) is 23.7 Å². The van der Waals surface area contributed by atoms with Crippen molar-refractivity contribution >= 4 is 23.2 Å². The maximum absolute atomic E-state index is 11.8. The number of hydrogen-bond donors (Lipinski definition) is 1. The number of nitro benzene ring substituents is 1. The van der Waals surface area contributed by atoms with E-state index in [0.29, 0.717) is 19.8 Å². The Kier molecular flexibility index (Phi) is 6.69. The number of carbonyl (C=O) groups is 1. The molecule has 0 aliphatic carbocycles. The van der Waals surface area contributed by atoms with Crippen LogP contribution in [0.2, 0.25) is 5.02 Å². The van der Waals surface area contributed by atoms with Gasteiger partial charge in [0.15, 0.2) is 0 Å². The van der Waals surface area contributed by atoms with Crippen LogP contribution in [0.1, 0.15) is 16.8 Å². The molecule has 20 heavy (non-hydrogen) atoms. The standard InChI is InChI=1S/C13H15ClN2O4/c1-2-3-8-20-9-7-15-13(17)10-5-4-6-11(12(10)14)16(18)19/h2,4-6H,1,3,7-9H2,(H,15,17). The number of amides is 1. The third kappa shape index (κ3) is 4.64. The second-order valence-electron chi connectivity index (χ2n) is 3.84. The Hall–Kier alpha value is -1.92. The minimum Gasteiger partial charge on any atom is -0.379 e.